The molecule has 0 bridgehead atoms. The highest BCUT2D eigenvalue weighted by atomic mass is 79.9. The van der Waals surface area contributed by atoms with Gasteiger partial charge < -0.3 is 14.3 Å². The lowest BCUT2D eigenvalue weighted by molar-refractivity contribution is 0.0955. The number of aromatic hydroxyl groups is 1. The number of ether oxygens (including phenoxy) is 1. The van der Waals surface area contributed by atoms with E-state index in [9.17, 15) is 9.90 Å². The van der Waals surface area contributed by atoms with E-state index in [0.717, 1.165) is 58.9 Å². The molecule has 32 heavy (non-hydrogen) atoms. The Morgan fingerprint density at radius 2 is 1.94 bits per heavy atom. The third-order valence-corrected chi connectivity index (χ3v) is 6.48. The molecular weight excluding hydrogens is 472 g/mol. The first-order valence-corrected chi connectivity index (χ1v) is 11.2. The number of hydrogen-bond donors (Lipinski definition) is 2. The second-order valence-electron chi connectivity index (χ2n) is 7.83. The first kappa shape index (κ1) is 20.6. The molecule has 0 radical (unpaired) electrons. The van der Waals surface area contributed by atoms with Crippen LogP contribution in [0.1, 0.15) is 40.1 Å². The lowest BCUT2D eigenvalue weighted by Gasteiger charge is -2.10. The van der Waals surface area contributed by atoms with Crippen LogP contribution in [-0.4, -0.2) is 24.3 Å². The van der Waals surface area contributed by atoms with E-state index in [1.165, 1.54) is 6.21 Å². The van der Waals surface area contributed by atoms with E-state index in [1.807, 2.05) is 24.3 Å². The van der Waals surface area contributed by atoms with Gasteiger partial charge in [0.15, 0.2) is 0 Å². The van der Waals surface area contributed by atoms with E-state index < -0.39 is 0 Å². The maximum atomic E-state index is 12.7. The zero-order chi connectivity index (χ0) is 22.2. The van der Waals surface area contributed by atoms with Crippen molar-refractivity contribution in [2.75, 3.05) is 7.11 Å². The molecule has 162 valence electrons. The van der Waals surface area contributed by atoms with Gasteiger partial charge in [0, 0.05) is 28.5 Å². The van der Waals surface area contributed by atoms with E-state index in [0.29, 0.717) is 21.2 Å². The minimum atomic E-state index is -0.334. The molecular formula is C25H21BrN2O4. The summed E-state index contributed by atoms with van der Waals surface area (Å²) in [4.78, 5) is 12.7. The number of benzene rings is 3. The Hall–Kier alpha value is -3.32. The monoisotopic (exact) mass is 492 g/mol. The lowest BCUT2D eigenvalue weighted by Crippen LogP contribution is -2.17. The molecule has 0 atom stereocenters. The molecule has 0 fully saturated rings. The Balaban J connectivity index is 1.43. The molecule has 3 aromatic carbocycles. The van der Waals surface area contributed by atoms with Crippen LogP contribution in [0.5, 0.6) is 11.5 Å². The predicted molar refractivity (Wildman–Crippen MR) is 128 cm³/mol. The minimum absolute atomic E-state index is 0.0734. The summed E-state index contributed by atoms with van der Waals surface area (Å²) in [5, 5.41) is 17.6. The normalized spacial score (nSPS) is 13.6. The smallest absolute Gasteiger partial charge is 0.271 e. The largest absolute Gasteiger partial charge is 0.506 e. The van der Waals surface area contributed by atoms with Crippen molar-refractivity contribution in [1.29, 1.82) is 0 Å². The second kappa shape index (κ2) is 8.31. The number of halogens is 1. The van der Waals surface area contributed by atoms with Crippen molar-refractivity contribution >= 4 is 49.8 Å². The first-order chi connectivity index (χ1) is 15.5. The predicted octanol–water partition coefficient (Wildman–Crippen LogP) is 5.71. The number of rotatable bonds is 4. The molecule has 2 N–H and O–H groups in total. The van der Waals surface area contributed by atoms with E-state index in [1.54, 1.807) is 25.3 Å². The number of carbonyl (C=O) groups excluding carboxylic acids is 1. The Bertz CT molecular complexity index is 1390. The standard InChI is InChI=1S/C25H21BrN2O4/c1-31-17-9-8-14-10-16(7-6-15(14)11-17)25(30)28-27-13-19-23-18-4-2-3-5-21(18)32-22(23)12-20(26)24(19)29/h6-13,29H,2-5H2,1H3,(H,28,30). The fourth-order valence-corrected chi connectivity index (χ4v) is 4.67. The van der Waals surface area contributed by atoms with Crippen LogP contribution in [0, 0.1) is 0 Å². The van der Waals surface area contributed by atoms with Gasteiger partial charge in [-0.3, -0.25) is 4.79 Å². The van der Waals surface area contributed by atoms with Gasteiger partial charge in [-0.25, -0.2) is 5.43 Å². The van der Waals surface area contributed by atoms with Crippen molar-refractivity contribution < 1.29 is 19.1 Å². The number of hydrazone groups is 1. The number of phenolic OH excluding ortho intramolecular Hbond substituents is 1. The summed E-state index contributed by atoms with van der Waals surface area (Å²) < 4.78 is 11.8. The van der Waals surface area contributed by atoms with E-state index >= 15 is 0 Å². The van der Waals surface area contributed by atoms with Crippen molar-refractivity contribution in [3.63, 3.8) is 0 Å². The maximum absolute atomic E-state index is 12.7. The molecule has 4 aromatic rings. The highest BCUT2D eigenvalue weighted by Gasteiger charge is 2.22. The summed E-state index contributed by atoms with van der Waals surface area (Å²) in [7, 11) is 1.62. The fourth-order valence-electron chi connectivity index (χ4n) is 4.25. The number of aryl methyl sites for hydroxylation is 2. The van der Waals surface area contributed by atoms with Crippen LogP contribution in [0.3, 0.4) is 0 Å². The van der Waals surface area contributed by atoms with Crippen LogP contribution < -0.4 is 10.2 Å². The molecule has 7 heteroatoms. The molecule has 1 heterocycles. The van der Waals surface area contributed by atoms with Gasteiger partial charge in [-0.15, -0.1) is 0 Å². The number of hydrogen-bond acceptors (Lipinski definition) is 5. The first-order valence-electron chi connectivity index (χ1n) is 10.4. The SMILES string of the molecule is COc1ccc2cc(C(=O)NN=Cc3c(O)c(Br)cc4oc5c(c34)CCCC5)ccc2c1. The lowest BCUT2D eigenvalue weighted by atomic mass is 9.94. The fraction of sp³-hybridized carbons (Fsp3) is 0.200. The van der Waals surface area contributed by atoms with Crippen LogP contribution in [0.2, 0.25) is 0 Å². The number of methoxy groups -OCH3 is 1. The van der Waals surface area contributed by atoms with Crippen molar-refractivity contribution in [3.05, 3.63) is 69.4 Å². The number of amides is 1. The van der Waals surface area contributed by atoms with Gasteiger partial charge in [0.2, 0.25) is 0 Å². The van der Waals surface area contributed by atoms with Crippen molar-refractivity contribution in [1.82, 2.24) is 5.43 Å². The zero-order valence-electron chi connectivity index (χ0n) is 17.4. The molecule has 0 spiro atoms. The number of furan rings is 1. The van der Waals surface area contributed by atoms with Gasteiger partial charge in [-0.05, 0) is 76.3 Å². The highest BCUT2D eigenvalue weighted by Crippen LogP contribution is 2.40. The Labute approximate surface area is 193 Å². The molecule has 6 nitrogen and oxygen atoms in total. The number of fused-ring (bicyclic) bond motifs is 4. The Morgan fingerprint density at radius 1 is 1.16 bits per heavy atom. The van der Waals surface area contributed by atoms with Crippen molar-refractivity contribution in [3.8, 4) is 11.5 Å². The number of carbonyl (C=O) groups is 1. The van der Waals surface area contributed by atoms with E-state index in [4.69, 9.17) is 9.15 Å². The highest BCUT2D eigenvalue weighted by molar-refractivity contribution is 9.10. The van der Waals surface area contributed by atoms with Crippen LogP contribution >= 0.6 is 15.9 Å². The molecule has 0 unspecified atom stereocenters. The van der Waals surface area contributed by atoms with Crippen LogP contribution in [0.4, 0.5) is 0 Å². The van der Waals surface area contributed by atoms with Gasteiger partial charge in [0.1, 0.15) is 22.8 Å². The number of phenols is 1. The number of nitrogens with one attached hydrogen (secondary N) is 1. The summed E-state index contributed by atoms with van der Waals surface area (Å²) in [6.45, 7) is 0. The Kier molecular flexibility index (Phi) is 5.35. The topological polar surface area (TPSA) is 84.1 Å². The average molecular weight is 493 g/mol. The van der Waals surface area contributed by atoms with Crippen molar-refractivity contribution in [2.45, 2.75) is 25.7 Å². The summed E-state index contributed by atoms with van der Waals surface area (Å²) in [6, 6.07) is 12.9. The van der Waals surface area contributed by atoms with Gasteiger partial charge in [0.05, 0.1) is 17.8 Å². The van der Waals surface area contributed by atoms with Crippen LogP contribution in [0.25, 0.3) is 21.7 Å². The van der Waals surface area contributed by atoms with E-state index in [-0.39, 0.29) is 11.7 Å². The van der Waals surface area contributed by atoms with E-state index in [2.05, 4.69) is 26.5 Å². The average Bonchev–Trinajstić information content (AvgIpc) is 3.18. The second-order valence-corrected chi connectivity index (χ2v) is 8.69. The van der Waals surface area contributed by atoms with Gasteiger partial charge in [-0.2, -0.15) is 5.10 Å². The molecule has 1 aliphatic carbocycles. The Morgan fingerprint density at radius 3 is 2.78 bits per heavy atom. The van der Waals surface area contributed by atoms with Gasteiger partial charge in [0.25, 0.3) is 5.91 Å². The minimum Gasteiger partial charge on any atom is -0.506 e. The third-order valence-electron chi connectivity index (χ3n) is 5.88. The molecule has 1 aliphatic rings. The number of nitrogens with zero attached hydrogens (tertiary/aromatic N) is 1. The third kappa shape index (κ3) is 3.62. The molecule has 0 saturated heterocycles. The van der Waals surface area contributed by atoms with Gasteiger partial charge in [-0.1, -0.05) is 12.1 Å². The molecule has 1 amide bonds. The molecule has 5 rings (SSSR count). The van der Waals surface area contributed by atoms with Gasteiger partial charge >= 0.3 is 0 Å². The van der Waals surface area contributed by atoms with Crippen LogP contribution in [-0.2, 0) is 12.8 Å². The zero-order valence-corrected chi connectivity index (χ0v) is 19.0. The molecule has 0 aliphatic heterocycles. The maximum Gasteiger partial charge on any atom is 0.271 e. The molecule has 1 aromatic heterocycles. The summed E-state index contributed by atoms with van der Waals surface area (Å²) in [6.07, 6.45) is 5.45. The summed E-state index contributed by atoms with van der Waals surface area (Å²) in [5.74, 6) is 1.47. The summed E-state index contributed by atoms with van der Waals surface area (Å²) >= 11 is 3.38. The summed E-state index contributed by atoms with van der Waals surface area (Å²) in [5.41, 5.74) is 5.42. The molecule has 0 saturated carbocycles. The van der Waals surface area contributed by atoms with Crippen LogP contribution in [0.15, 0.2) is 56.5 Å². The van der Waals surface area contributed by atoms with Crippen molar-refractivity contribution in [2.24, 2.45) is 5.10 Å². The quantitative estimate of drug-likeness (QED) is 0.282.